The number of carbonyl (C=O) groups excluding carboxylic acids is 1. The average molecular weight is 365 g/mol. The zero-order valence-electron chi connectivity index (χ0n) is 15.5. The lowest BCUT2D eigenvalue weighted by Gasteiger charge is -2.31. The van der Waals surface area contributed by atoms with E-state index in [-0.39, 0.29) is 24.1 Å². The fourth-order valence-corrected chi connectivity index (χ4v) is 3.90. The molecule has 5 heteroatoms. The number of nitrogens with zero attached hydrogens (tertiary/aromatic N) is 3. The fraction of sp³-hybridized carbons (Fsp3) is 0.364. The first-order chi connectivity index (χ1) is 13.1. The van der Waals surface area contributed by atoms with Gasteiger partial charge >= 0.3 is 0 Å². The molecule has 1 amide bonds. The van der Waals surface area contributed by atoms with Crippen LogP contribution >= 0.6 is 0 Å². The third-order valence-corrected chi connectivity index (χ3v) is 5.60. The number of halogens is 1. The maximum atomic E-state index is 14.6. The number of hydrogen-bond acceptors (Lipinski definition) is 2. The lowest BCUT2D eigenvalue weighted by Crippen LogP contribution is -2.38. The van der Waals surface area contributed by atoms with Crippen molar-refractivity contribution in [3.8, 4) is 0 Å². The number of pyridine rings is 1. The highest BCUT2D eigenvalue weighted by molar-refractivity contribution is 5.78. The van der Waals surface area contributed by atoms with Crippen LogP contribution in [-0.4, -0.2) is 33.3 Å². The molecule has 1 unspecified atom stereocenters. The summed E-state index contributed by atoms with van der Waals surface area (Å²) in [6, 6.07) is 12.5. The van der Waals surface area contributed by atoms with Crippen LogP contribution in [0.15, 0.2) is 54.9 Å². The van der Waals surface area contributed by atoms with E-state index in [1.54, 1.807) is 18.3 Å². The summed E-state index contributed by atoms with van der Waals surface area (Å²) in [5, 5.41) is 0. The Bertz CT molecular complexity index is 943. The molecule has 1 aliphatic rings. The van der Waals surface area contributed by atoms with Gasteiger partial charge in [0, 0.05) is 37.8 Å². The quantitative estimate of drug-likeness (QED) is 0.693. The normalized spacial score (nSPS) is 16.6. The molecule has 0 spiro atoms. The highest BCUT2D eigenvalue weighted by Gasteiger charge is 2.28. The molecular formula is C22H24FN3O. The van der Waals surface area contributed by atoms with Crippen molar-refractivity contribution < 1.29 is 9.18 Å². The second kappa shape index (κ2) is 7.51. The minimum absolute atomic E-state index is 0.0843. The third-order valence-electron chi connectivity index (χ3n) is 5.60. The SMILES string of the molecule is CC1CCN(C(=O)CC(c2ccccc2F)c2cnc3ccccn23)CC1. The Morgan fingerprint density at radius 1 is 1.19 bits per heavy atom. The Labute approximate surface area is 158 Å². The van der Waals surface area contributed by atoms with Gasteiger partial charge in [0.2, 0.25) is 5.91 Å². The first-order valence-corrected chi connectivity index (χ1v) is 9.57. The Balaban J connectivity index is 1.69. The predicted octanol–water partition coefficient (Wildman–Crippen LogP) is 4.25. The van der Waals surface area contributed by atoms with Crippen molar-refractivity contribution in [1.29, 1.82) is 0 Å². The summed E-state index contributed by atoms with van der Waals surface area (Å²) in [5.74, 6) is 0.0973. The molecule has 1 fully saturated rings. The highest BCUT2D eigenvalue weighted by atomic mass is 19.1. The molecule has 0 radical (unpaired) electrons. The molecule has 2 aromatic heterocycles. The minimum Gasteiger partial charge on any atom is -0.343 e. The Morgan fingerprint density at radius 2 is 1.93 bits per heavy atom. The van der Waals surface area contributed by atoms with Crippen molar-refractivity contribution in [3.05, 3.63) is 71.9 Å². The van der Waals surface area contributed by atoms with Gasteiger partial charge in [0.05, 0.1) is 5.69 Å². The van der Waals surface area contributed by atoms with Gasteiger partial charge in [0.15, 0.2) is 0 Å². The zero-order valence-corrected chi connectivity index (χ0v) is 15.5. The molecule has 140 valence electrons. The highest BCUT2D eigenvalue weighted by Crippen LogP contribution is 2.31. The number of amides is 1. The van der Waals surface area contributed by atoms with Crippen molar-refractivity contribution in [3.63, 3.8) is 0 Å². The molecule has 0 bridgehead atoms. The van der Waals surface area contributed by atoms with Crippen molar-refractivity contribution in [2.75, 3.05) is 13.1 Å². The van der Waals surface area contributed by atoms with Crippen LogP contribution in [0.1, 0.15) is 43.4 Å². The summed E-state index contributed by atoms with van der Waals surface area (Å²) in [6.45, 7) is 3.80. The van der Waals surface area contributed by atoms with Gasteiger partial charge in [0.25, 0.3) is 0 Å². The van der Waals surface area contributed by atoms with Crippen LogP contribution in [0.3, 0.4) is 0 Å². The van der Waals surface area contributed by atoms with Crippen molar-refractivity contribution in [2.24, 2.45) is 5.92 Å². The van der Waals surface area contributed by atoms with Gasteiger partial charge in [0.1, 0.15) is 11.5 Å². The van der Waals surface area contributed by atoms with Gasteiger partial charge in [-0.2, -0.15) is 0 Å². The molecule has 4 nitrogen and oxygen atoms in total. The standard InChI is InChI=1S/C22H24FN3O/c1-16-9-12-25(13-10-16)22(27)14-18(17-6-2-3-7-19(17)23)20-15-24-21-8-4-5-11-26(20)21/h2-8,11,15-16,18H,9-10,12-14H2,1H3. The summed E-state index contributed by atoms with van der Waals surface area (Å²) < 4.78 is 16.6. The number of piperidine rings is 1. The molecule has 0 saturated carbocycles. The summed E-state index contributed by atoms with van der Waals surface area (Å²) in [6.07, 6.45) is 5.99. The maximum absolute atomic E-state index is 14.6. The second-order valence-electron chi connectivity index (χ2n) is 7.45. The summed E-state index contributed by atoms with van der Waals surface area (Å²) in [7, 11) is 0. The number of hydrogen-bond donors (Lipinski definition) is 0. The predicted molar refractivity (Wildman–Crippen MR) is 103 cm³/mol. The third kappa shape index (κ3) is 3.59. The van der Waals surface area contributed by atoms with Gasteiger partial charge in [-0.1, -0.05) is 31.2 Å². The van der Waals surface area contributed by atoms with Gasteiger partial charge in [-0.3, -0.25) is 4.79 Å². The molecule has 3 heterocycles. The van der Waals surface area contributed by atoms with Crippen LogP contribution in [0.4, 0.5) is 4.39 Å². The van der Waals surface area contributed by atoms with E-state index in [4.69, 9.17) is 0 Å². The van der Waals surface area contributed by atoms with E-state index < -0.39 is 0 Å². The minimum atomic E-state index is -0.365. The fourth-order valence-electron chi connectivity index (χ4n) is 3.90. The first kappa shape index (κ1) is 17.7. The van der Waals surface area contributed by atoms with Gasteiger partial charge in [-0.15, -0.1) is 0 Å². The molecule has 3 aromatic rings. The maximum Gasteiger partial charge on any atom is 0.223 e. The van der Waals surface area contributed by atoms with Crippen LogP contribution in [0.5, 0.6) is 0 Å². The van der Waals surface area contributed by atoms with E-state index in [2.05, 4.69) is 11.9 Å². The number of carbonyl (C=O) groups is 1. The molecule has 27 heavy (non-hydrogen) atoms. The molecular weight excluding hydrogens is 341 g/mol. The van der Waals surface area contributed by atoms with Gasteiger partial charge in [-0.05, 0) is 42.5 Å². The largest absolute Gasteiger partial charge is 0.343 e. The Hall–Kier alpha value is -2.69. The van der Waals surface area contributed by atoms with Crippen molar-refractivity contribution in [1.82, 2.24) is 14.3 Å². The Kier molecular flexibility index (Phi) is 4.92. The Morgan fingerprint density at radius 3 is 2.70 bits per heavy atom. The van der Waals surface area contributed by atoms with Crippen LogP contribution in [-0.2, 0) is 4.79 Å². The van der Waals surface area contributed by atoms with Gasteiger partial charge in [-0.25, -0.2) is 9.37 Å². The van der Waals surface area contributed by atoms with E-state index in [9.17, 15) is 9.18 Å². The second-order valence-corrected chi connectivity index (χ2v) is 7.45. The van der Waals surface area contributed by atoms with Crippen LogP contribution < -0.4 is 0 Å². The number of likely N-dealkylation sites (tertiary alicyclic amines) is 1. The van der Waals surface area contributed by atoms with Crippen LogP contribution in [0, 0.1) is 11.7 Å². The van der Waals surface area contributed by atoms with Gasteiger partial charge < -0.3 is 9.30 Å². The molecule has 1 aliphatic heterocycles. The van der Waals surface area contributed by atoms with Crippen LogP contribution in [0.2, 0.25) is 0 Å². The van der Waals surface area contributed by atoms with Crippen LogP contribution in [0.25, 0.3) is 5.65 Å². The lowest BCUT2D eigenvalue weighted by molar-refractivity contribution is -0.132. The summed E-state index contributed by atoms with van der Waals surface area (Å²) >= 11 is 0. The van der Waals surface area contributed by atoms with E-state index >= 15 is 0 Å². The smallest absolute Gasteiger partial charge is 0.223 e. The number of rotatable bonds is 4. The molecule has 0 N–H and O–H groups in total. The number of aromatic nitrogens is 2. The molecule has 1 saturated heterocycles. The number of benzene rings is 1. The van der Waals surface area contributed by atoms with E-state index in [0.717, 1.165) is 37.3 Å². The molecule has 1 atom stereocenters. The molecule has 0 aliphatic carbocycles. The van der Waals surface area contributed by atoms with E-state index in [0.29, 0.717) is 11.5 Å². The van der Waals surface area contributed by atoms with E-state index in [1.807, 2.05) is 39.8 Å². The van der Waals surface area contributed by atoms with E-state index in [1.165, 1.54) is 6.07 Å². The number of imidazole rings is 1. The lowest BCUT2D eigenvalue weighted by atomic mass is 9.91. The molecule has 1 aromatic carbocycles. The zero-order chi connectivity index (χ0) is 18.8. The summed E-state index contributed by atoms with van der Waals surface area (Å²) in [4.78, 5) is 19.4. The number of fused-ring (bicyclic) bond motifs is 1. The monoisotopic (exact) mass is 365 g/mol. The first-order valence-electron chi connectivity index (χ1n) is 9.57. The summed E-state index contributed by atoms with van der Waals surface area (Å²) in [5.41, 5.74) is 2.18. The van der Waals surface area contributed by atoms with Crippen molar-refractivity contribution >= 4 is 11.6 Å². The average Bonchev–Trinajstić information content (AvgIpc) is 3.11. The van der Waals surface area contributed by atoms with Crippen molar-refractivity contribution in [2.45, 2.75) is 32.1 Å². The molecule has 4 rings (SSSR count). The topological polar surface area (TPSA) is 37.6 Å².